The van der Waals surface area contributed by atoms with E-state index in [0.717, 1.165) is 49.8 Å². The smallest absolute Gasteiger partial charge is 0.272 e. The van der Waals surface area contributed by atoms with Gasteiger partial charge in [-0.3, -0.25) is 4.79 Å². The molecule has 45 heavy (non-hydrogen) atoms. The molecule has 2 aromatic carbocycles. The van der Waals surface area contributed by atoms with Gasteiger partial charge in [0.2, 0.25) is 0 Å². The molecule has 2 heterocycles. The molecule has 234 valence electrons. The lowest BCUT2D eigenvalue weighted by atomic mass is 9.87. The van der Waals surface area contributed by atoms with E-state index in [-0.39, 0.29) is 40.4 Å². The molecule has 2 aromatic heterocycles. The number of unbranched alkanes of at least 4 members (excludes halogenated alkanes) is 1. The quantitative estimate of drug-likeness (QED) is 0.0899. The molecule has 0 amide bonds. The fourth-order valence-corrected chi connectivity index (χ4v) is 5.27. The summed E-state index contributed by atoms with van der Waals surface area (Å²) in [6.45, 7) is 13.4. The maximum absolute atomic E-state index is 12.6. The molecular weight excluding hydrogens is 562 g/mol. The standard InChI is InChI=1S/C37H43N5O3/c1-5-7-20-37(4,25(3)6-2)40-21-10-12-27-18-16-26(17-19-27)11-8-15-33-39-24-30-35(38)28(23-34(45)42-36(30)41-33)22-29-31(43)13-9-14-32(29)44/h6,8-9,11,13-14,16-19,23-24,40,43-44H,2-3,5,7,10,12,15,20-22,38H2,1,4H3. The Morgan fingerprint density at radius 2 is 1.82 bits per heavy atom. The molecule has 8 nitrogen and oxygen atoms in total. The van der Waals surface area contributed by atoms with E-state index < -0.39 is 5.56 Å². The minimum atomic E-state index is -0.523. The molecule has 0 fully saturated rings. The van der Waals surface area contributed by atoms with E-state index in [2.05, 4.69) is 71.5 Å². The Bertz CT molecular complexity index is 1730. The molecule has 0 bridgehead atoms. The predicted octanol–water partition coefficient (Wildman–Crippen LogP) is 6.44. The number of phenols is 2. The predicted molar refractivity (Wildman–Crippen MR) is 183 cm³/mol. The van der Waals surface area contributed by atoms with Crippen molar-refractivity contribution in [3.05, 3.63) is 124 Å². The van der Waals surface area contributed by atoms with Crippen LogP contribution in [0.4, 0.5) is 5.69 Å². The molecule has 0 saturated heterocycles. The van der Waals surface area contributed by atoms with Gasteiger partial charge in [0.05, 0.1) is 5.39 Å². The Hall–Kier alpha value is -4.82. The van der Waals surface area contributed by atoms with Crippen LogP contribution in [0.5, 0.6) is 11.5 Å². The van der Waals surface area contributed by atoms with Crippen LogP contribution in [0.15, 0.2) is 90.4 Å². The van der Waals surface area contributed by atoms with Crippen LogP contribution in [0, 0.1) is 0 Å². The highest BCUT2D eigenvalue weighted by Gasteiger charge is 2.24. The number of nitrogens with one attached hydrogen (secondary N) is 1. The highest BCUT2D eigenvalue weighted by molar-refractivity contribution is 5.88. The number of nitrogens with zero attached hydrogens (tertiary/aromatic N) is 3. The van der Waals surface area contributed by atoms with Crippen LogP contribution >= 0.6 is 0 Å². The number of fused-ring (bicyclic) bond motifs is 1. The van der Waals surface area contributed by atoms with Crippen LogP contribution in [0.3, 0.4) is 0 Å². The van der Waals surface area contributed by atoms with E-state index in [1.165, 1.54) is 29.8 Å². The molecule has 8 heteroatoms. The number of aryl methyl sites for hydroxylation is 1. The molecule has 1 atom stereocenters. The van der Waals surface area contributed by atoms with Crippen LogP contribution < -0.4 is 16.6 Å². The molecule has 5 N–H and O–H groups in total. The van der Waals surface area contributed by atoms with Gasteiger partial charge < -0.3 is 21.3 Å². The first-order chi connectivity index (χ1) is 21.6. The van der Waals surface area contributed by atoms with Crippen LogP contribution in [-0.4, -0.2) is 37.2 Å². The lowest BCUT2D eigenvalue weighted by Gasteiger charge is -2.32. The molecule has 4 aromatic rings. The second kappa shape index (κ2) is 15.3. The Labute approximate surface area is 265 Å². The van der Waals surface area contributed by atoms with Crippen LogP contribution in [0.2, 0.25) is 0 Å². The molecule has 0 aliphatic heterocycles. The fourth-order valence-electron chi connectivity index (χ4n) is 5.27. The van der Waals surface area contributed by atoms with Gasteiger partial charge in [-0.15, -0.1) is 0 Å². The van der Waals surface area contributed by atoms with E-state index in [1.807, 2.05) is 18.2 Å². The Morgan fingerprint density at radius 1 is 1.09 bits per heavy atom. The number of benzene rings is 2. The van der Waals surface area contributed by atoms with Crippen molar-refractivity contribution in [1.29, 1.82) is 0 Å². The number of phenolic OH excluding ortho intramolecular Hbond substituents is 2. The first-order valence-electron chi connectivity index (χ1n) is 15.4. The number of nitrogen functional groups attached to an aromatic ring is 1. The average Bonchev–Trinajstić information content (AvgIpc) is 3.14. The molecule has 0 saturated carbocycles. The molecular formula is C37H43N5O3. The highest BCUT2D eigenvalue weighted by Crippen LogP contribution is 2.31. The summed E-state index contributed by atoms with van der Waals surface area (Å²) in [5.74, 6) is 0.329. The summed E-state index contributed by atoms with van der Waals surface area (Å²) in [6, 6.07) is 14.3. The maximum Gasteiger partial charge on any atom is 0.272 e. The molecule has 0 spiro atoms. The van der Waals surface area contributed by atoms with E-state index in [9.17, 15) is 15.0 Å². The first-order valence-corrected chi connectivity index (χ1v) is 15.4. The molecule has 0 aliphatic rings. The zero-order chi connectivity index (χ0) is 32.4. The normalized spacial score (nSPS) is 12.8. The van der Waals surface area contributed by atoms with E-state index in [1.54, 1.807) is 6.20 Å². The number of hydrogen-bond donors (Lipinski definition) is 4. The minimum Gasteiger partial charge on any atom is -0.508 e. The second-order valence-electron chi connectivity index (χ2n) is 11.6. The third-order valence-corrected chi connectivity index (χ3v) is 8.20. The van der Waals surface area contributed by atoms with Crippen molar-refractivity contribution < 1.29 is 10.2 Å². The zero-order valence-electron chi connectivity index (χ0n) is 26.2. The summed E-state index contributed by atoms with van der Waals surface area (Å²) < 4.78 is 0. The topological polar surface area (TPSA) is 134 Å². The Balaban J connectivity index is 1.37. The summed E-state index contributed by atoms with van der Waals surface area (Å²) in [5, 5.41) is 24.5. The number of nitrogens with two attached hydrogens (primary N) is 1. The van der Waals surface area contributed by atoms with Gasteiger partial charge in [0.25, 0.3) is 5.56 Å². The van der Waals surface area contributed by atoms with Crippen LogP contribution in [0.25, 0.3) is 17.1 Å². The summed E-state index contributed by atoms with van der Waals surface area (Å²) in [7, 11) is 0. The highest BCUT2D eigenvalue weighted by atomic mass is 16.3. The summed E-state index contributed by atoms with van der Waals surface area (Å²) in [5.41, 5.74) is 10.3. The van der Waals surface area contributed by atoms with Gasteiger partial charge in [0.15, 0.2) is 5.65 Å². The lowest BCUT2D eigenvalue weighted by Crippen LogP contribution is -2.44. The molecule has 4 rings (SSSR count). The molecule has 1 unspecified atom stereocenters. The SMILES string of the molecule is C=CC(=C)C(C)(CCCC)NCCCc1ccc(C=CCc2ncc3c(N)c(Cc4c(O)cccc4O)cc(=O)nc3n2)cc1. The number of hydrogen-bond acceptors (Lipinski definition) is 8. The van der Waals surface area contributed by atoms with E-state index in [4.69, 9.17) is 5.73 Å². The Morgan fingerprint density at radius 3 is 2.51 bits per heavy atom. The maximum atomic E-state index is 12.6. The van der Waals surface area contributed by atoms with Crippen molar-refractivity contribution in [2.24, 2.45) is 0 Å². The van der Waals surface area contributed by atoms with Gasteiger partial charge in [-0.2, -0.15) is 4.98 Å². The minimum absolute atomic E-state index is 0.0512. The third-order valence-electron chi connectivity index (χ3n) is 8.20. The van der Waals surface area contributed by atoms with Crippen molar-refractivity contribution in [2.45, 2.75) is 64.3 Å². The molecule has 0 radical (unpaired) electrons. The average molecular weight is 606 g/mol. The molecule has 0 aliphatic carbocycles. The van der Waals surface area contributed by atoms with Gasteiger partial charge in [-0.25, -0.2) is 9.97 Å². The van der Waals surface area contributed by atoms with Gasteiger partial charge in [0.1, 0.15) is 17.3 Å². The van der Waals surface area contributed by atoms with Crippen molar-refractivity contribution in [1.82, 2.24) is 20.3 Å². The largest absolute Gasteiger partial charge is 0.508 e. The van der Waals surface area contributed by atoms with Crippen molar-refractivity contribution in [3.8, 4) is 11.5 Å². The van der Waals surface area contributed by atoms with Gasteiger partial charge in [-0.05, 0) is 67.1 Å². The van der Waals surface area contributed by atoms with Gasteiger partial charge >= 0.3 is 0 Å². The summed E-state index contributed by atoms with van der Waals surface area (Å²) >= 11 is 0. The van der Waals surface area contributed by atoms with E-state index in [0.29, 0.717) is 23.2 Å². The van der Waals surface area contributed by atoms with Crippen LogP contribution in [0.1, 0.15) is 67.6 Å². The second-order valence-corrected chi connectivity index (χ2v) is 11.6. The number of aromatic hydroxyl groups is 2. The Kier molecular flexibility index (Phi) is 11.2. The third kappa shape index (κ3) is 8.64. The number of rotatable bonds is 15. The van der Waals surface area contributed by atoms with Gasteiger partial charge in [0, 0.05) is 41.9 Å². The monoisotopic (exact) mass is 605 g/mol. The van der Waals surface area contributed by atoms with Crippen LogP contribution in [-0.2, 0) is 19.3 Å². The number of anilines is 1. The number of allylic oxidation sites excluding steroid dienone is 1. The van der Waals surface area contributed by atoms with Gasteiger partial charge in [-0.1, -0.05) is 81.5 Å². The fraction of sp³-hybridized carbons (Fsp3) is 0.297. The lowest BCUT2D eigenvalue weighted by molar-refractivity contribution is 0.379. The summed E-state index contributed by atoms with van der Waals surface area (Å²) in [4.78, 5) is 25.6. The van der Waals surface area contributed by atoms with E-state index >= 15 is 0 Å². The number of aromatic nitrogens is 3. The van der Waals surface area contributed by atoms with Crippen molar-refractivity contribution in [2.75, 3.05) is 12.3 Å². The zero-order valence-corrected chi connectivity index (χ0v) is 26.2. The van der Waals surface area contributed by atoms with Crippen molar-refractivity contribution in [3.63, 3.8) is 0 Å². The first kappa shape index (κ1) is 33.1. The van der Waals surface area contributed by atoms with Crippen molar-refractivity contribution >= 4 is 22.8 Å². The summed E-state index contributed by atoms with van der Waals surface area (Å²) in [6.07, 6.45) is 13.3.